The Morgan fingerprint density at radius 1 is 1.33 bits per heavy atom. The molecule has 140 valence electrons. The van der Waals surface area contributed by atoms with E-state index in [1.54, 1.807) is 42.5 Å². The number of hydrogen-bond donors (Lipinski definition) is 1. The fourth-order valence-corrected chi connectivity index (χ4v) is 3.58. The number of Topliss-reactive ketones (excluding diaryl/α,β-unsaturated/α-hetero) is 1. The molecule has 0 aliphatic rings. The van der Waals surface area contributed by atoms with Crippen LogP contribution in [0.1, 0.15) is 40.8 Å². The van der Waals surface area contributed by atoms with E-state index in [0.717, 1.165) is 10.7 Å². The average Bonchev–Trinajstić information content (AvgIpc) is 3.24. The minimum atomic E-state index is -0.444. The number of nitrogens with zero attached hydrogens (tertiary/aromatic N) is 3. The lowest BCUT2D eigenvalue weighted by Crippen LogP contribution is -2.22. The molecule has 3 rings (SSSR count). The molecule has 1 aromatic carbocycles. The second-order valence-electron chi connectivity index (χ2n) is 5.88. The van der Waals surface area contributed by atoms with E-state index in [1.807, 2.05) is 12.3 Å². The Hall–Kier alpha value is -2.52. The number of thiazole rings is 1. The Morgan fingerprint density at radius 3 is 2.85 bits per heavy atom. The number of thioether (sulfide) groups is 1. The third-order valence-corrected chi connectivity index (χ3v) is 5.39. The van der Waals surface area contributed by atoms with Crippen LogP contribution in [0.2, 0.25) is 0 Å². The van der Waals surface area contributed by atoms with E-state index in [4.69, 9.17) is 4.42 Å². The number of hydrogen-bond acceptors (Lipinski definition) is 8. The minimum absolute atomic E-state index is 0.0535. The summed E-state index contributed by atoms with van der Waals surface area (Å²) in [5.41, 5.74) is 2.01. The van der Waals surface area contributed by atoms with Crippen LogP contribution in [0.5, 0.6) is 0 Å². The second kappa shape index (κ2) is 8.45. The van der Waals surface area contributed by atoms with Gasteiger partial charge in [0.15, 0.2) is 5.78 Å². The third-order valence-electron chi connectivity index (χ3n) is 3.63. The van der Waals surface area contributed by atoms with E-state index in [1.165, 1.54) is 18.7 Å². The summed E-state index contributed by atoms with van der Waals surface area (Å²) in [5, 5.41) is 13.6. The first kappa shape index (κ1) is 19.2. The van der Waals surface area contributed by atoms with Gasteiger partial charge in [-0.25, -0.2) is 4.98 Å². The van der Waals surface area contributed by atoms with Gasteiger partial charge in [0.25, 0.3) is 5.22 Å². The number of anilines is 1. The first-order valence-corrected chi connectivity index (χ1v) is 9.98. The van der Waals surface area contributed by atoms with Crippen LogP contribution in [0.25, 0.3) is 0 Å². The van der Waals surface area contributed by atoms with E-state index in [9.17, 15) is 9.59 Å². The van der Waals surface area contributed by atoms with Crippen LogP contribution in [0.4, 0.5) is 5.69 Å². The van der Waals surface area contributed by atoms with Crippen molar-refractivity contribution in [2.24, 2.45) is 0 Å². The van der Waals surface area contributed by atoms with Gasteiger partial charge in [-0.3, -0.25) is 9.59 Å². The largest absolute Gasteiger partial charge is 0.416 e. The van der Waals surface area contributed by atoms with Crippen molar-refractivity contribution in [1.29, 1.82) is 0 Å². The lowest BCUT2D eigenvalue weighted by atomic mass is 10.1. The molecule has 1 atom stereocenters. The molecule has 7 nitrogen and oxygen atoms in total. The van der Waals surface area contributed by atoms with Gasteiger partial charge < -0.3 is 9.73 Å². The van der Waals surface area contributed by atoms with Crippen molar-refractivity contribution in [3.05, 3.63) is 51.8 Å². The Kier molecular flexibility index (Phi) is 6.02. The lowest BCUT2D eigenvalue weighted by Gasteiger charge is -2.10. The number of rotatable bonds is 7. The summed E-state index contributed by atoms with van der Waals surface area (Å²) in [5.74, 6) is 0.197. The molecule has 0 saturated heterocycles. The summed E-state index contributed by atoms with van der Waals surface area (Å²) >= 11 is 2.75. The predicted molar refractivity (Wildman–Crippen MR) is 104 cm³/mol. The number of benzene rings is 1. The summed E-state index contributed by atoms with van der Waals surface area (Å²) in [4.78, 5) is 28.2. The molecular weight excluding hydrogens is 384 g/mol. The molecule has 1 amide bonds. The standard InChI is InChI=1S/C18H18N4O3S2/c1-10(23)13-5-4-6-14(7-13)20-17(24)11(2)27-18-22-21-16(25-18)8-15-9-26-12(3)19-15/h4-7,9,11H,8H2,1-3H3,(H,20,24)/t11-/m1/s1. The van der Waals surface area contributed by atoms with Gasteiger partial charge in [-0.05, 0) is 32.9 Å². The van der Waals surface area contributed by atoms with Crippen LogP contribution in [0.3, 0.4) is 0 Å². The summed E-state index contributed by atoms with van der Waals surface area (Å²) in [6.07, 6.45) is 0.469. The quantitative estimate of drug-likeness (QED) is 0.475. The molecule has 0 aliphatic carbocycles. The smallest absolute Gasteiger partial charge is 0.277 e. The minimum Gasteiger partial charge on any atom is -0.416 e. The normalized spacial score (nSPS) is 12.0. The molecule has 0 fully saturated rings. The third kappa shape index (κ3) is 5.24. The number of carbonyl (C=O) groups is 2. The van der Waals surface area contributed by atoms with Gasteiger partial charge in [-0.1, -0.05) is 23.9 Å². The Labute approximate surface area is 164 Å². The predicted octanol–water partition coefficient (Wildman–Crippen LogP) is 3.75. The lowest BCUT2D eigenvalue weighted by molar-refractivity contribution is -0.115. The number of amides is 1. The second-order valence-corrected chi connectivity index (χ2v) is 8.24. The zero-order chi connectivity index (χ0) is 19.4. The average molecular weight is 403 g/mol. The number of ketones is 1. The first-order chi connectivity index (χ1) is 12.9. The number of nitrogens with one attached hydrogen (secondary N) is 1. The number of carbonyl (C=O) groups excluding carboxylic acids is 2. The molecule has 27 heavy (non-hydrogen) atoms. The maximum atomic E-state index is 12.4. The fourth-order valence-electron chi connectivity index (χ4n) is 2.27. The van der Waals surface area contributed by atoms with Crippen LogP contribution in [-0.4, -0.2) is 32.1 Å². The van der Waals surface area contributed by atoms with Gasteiger partial charge in [0.05, 0.1) is 22.4 Å². The van der Waals surface area contributed by atoms with Crippen LogP contribution >= 0.6 is 23.1 Å². The van der Waals surface area contributed by atoms with E-state index < -0.39 is 5.25 Å². The van der Waals surface area contributed by atoms with Crippen LogP contribution in [0.15, 0.2) is 39.3 Å². The van der Waals surface area contributed by atoms with E-state index in [-0.39, 0.29) is 11.7 Å². The van der Waals surface area contributed by atoms with E-state index in [2.05, 4.69) is 20.5 Å². The Bertz CT molecular complexity index is 967. The van der Waals surface area contributed by atoms with Gasteiger partial charge in [-0.2, -0.15) is 0 Å². The fraction of sp³-hybridized carbons (Fsp3) is 0.278. The van der Waals surface area contributed by atoms with Crippen molar-refractivity contribution in [1.82, 2.24) is 15.2 Å². The van der Waals surface area contributed by atoms with Gasteiger partial charge in [-0.15, -0.1) is 21.5 Å². The summed E-state index contributed by atoms with van der Waals surface area (Å²) in [7, 11) is 0. The Morgan fingerprint density at radius 2 is 2.15 bits per heavy atom. The highest BCUT2D eigenvalue weighted by Gasteiger charge is 2.19. The Balaban J connectivity index is 1.58. The molecule has 0 spiro atoms. The van der Waals surface area contributed by atoms with E-state index >= 15 is 0 Å². The maximum absolute atomic E-state index is 12.4. The van der Waals surface area contributed by atoms with Crippen molar-refractivity contribution in [2.45, 2.75) is 37.7 Å². The van der Waals surface area contributed by atoms with Crippen molar-refractivity contribution in [2.75, 3.05) is 5.32 Å². The van der Waals surface area contributed by atoms with Crippen molar-refractivity contribution < 1.29 is 14.0 Å². The highest BCUT2D eigenvalue weighted by atomic mass is 32.2. The van der Waals surface area contributed by atoms with E-state index in [0.29, 0.717) is 28.8 Å². The molecule has 0 saturated carbocycles. The summed E-state index contributed by atoms with van der Waals surface area (Å²) in [6.45, 7) is 5.18. The molecule has 0 unspecified atom stereocenters. The molecule has 2 heterocycles. The first-order valence-electron chi connectivity index (χ1n) is 8.22. The molecule has 1 N–H and O–H groups in total. The highest BCUT2D eigenvalue weighted by Crippen LogP contribution is 2.24. The van der Waals surface area contributed by atoms with Crippen molar-refractivity contribution in [3.63, 3.8) is 0 Å². The van der Waals surface area contributed by atoms with Gasteiger partial charge in [0.2, 0.25) is 11.8 Å². The molecule has 9 heteroatoms. The number of aromatic nitrogens is 3. The SMILES string of the molecule is CC(=O)c1cccc(NC(=O)[C@@H](C)Sc2nnc(Cc3csc(C)n3)o2)c1. The topological polar surface area (TPSA) is 98.0 Å². The molecule has 0 radical (unpaired) electrons. The molecule has 3 aromatic rings. The van der Waals surface area contributed by atoms with Crippen LogP contribution in [-0.2, 0) is 11.2 Å². The summed E-state index contributed by atoms with van der Waals surface area (Å²) < 4.78 is 5.60. The van der Waals surface area contributed by atoms with Crippen molar-refractivity contribution in [3.8, 4) is 0 Å². The highest BCUT2D eigenvalue weighted by molar-refractivity contribution is 8.00. The monoisotopic (exact) mass is 402 g/mol. The zero-order valence-corrected chi connectivity index (χ0v) is 16.7. The molecular formula is C18H18N4O3S2. The molecule has 2 aromatic heterocycles. The zero-order valence-electron chi connectivity index (χ0n) is 15.1. The van der Waals surface area contributed by atoms with Gasteiger partial charge >= 0.3 is 0 Å². The molecule has 0 aliphatic heterocycles. The summed E-state index contributed by atoms with van der Waals surface area (Å²) in [6, 6.07) is 6.83. The number of aryl methyl sites for hydroxylation is 1. The van der Waals surface area contributed by atoms with Crippen LogP contribution in [0, 0.1) is 6.92 Å². The van der Waals surface area contributed by atoms with Gasteiger partial charge in [0, 0.05) is 16.6 Å². The molecule has 0 bridgehead atoms. The van der Waals surface area contributed by atoms with Crippen LogP contribution < -0.4 is 5.32 Å². The van der Waals surface area contributed by atoms with Crippen molar-refractivity contribution >= 4 is 40.5 Å². The maximum Gasteiger partial charge on any atom is 0.277 e. The van der Waals surface area contributed by atoms with Gasteiger partial charge in [0.1, 0.15) is 0 Å².